The summed E-state index contributed by atoms with van der Waals surface area (Å²) < 4.78 is 5.85. The van der Waals surface area contributed by atoms with Crippen LogP contribution in [0.2, 0.25) is 0 Å². The molecule has 1 saturated carbocycles. The van der Waals surface area contributed by atoms with Crippen LogP contribution in [-0.4, -0.2) is 12.6 Å². The molecule has 0 saturated heterocycles. The fourth-order valence-corrected chi connectivity index (χ4v) is 2.86. The van der Waals surface area contributed by atoms with Crippen molar-refractivity contribution in [2.45, 2.75) is 39.2 Å². The quantitative estimate of drug-likeness (QED) is 0.882. The van der Waals surface area contributed by atoms with Gasteiger partial charge in [-0.3, -0.25) is 0 Å². The Morgan fingerprint density at radius 3 is 2.89 bits per heavy atom. The SMILES string of the molecule is Cc1oc2ccccc2c1C1CC1CNC(C)C. The zero-order valence-electron chi connectivity index (χ0n) is 11.4. The Morgan fingerprint density at radius 1 is 1.33 bits per heavy atom. The van der Waals surface area contributed by atoms with E-state index in [1.165, 1.54) is 17.4 Å². The summed E-state index contributed by atoms with van der Waals surface area (Å²) in [6, 6.07) is 8.97. The van der Waals surface area contributed by atoms with Gasteiger partial charge < -0.3 is 9.73 Å². The highest BCUT2D eigenvalue weighted by Crippen LogP contribution is 2.51. The molecule has 2 nitrogen and oxygen atoms in total. The number of hydrogen-bond acceptors (Lipinski definition) is 2. The molecule has 0 aliphatic heterocycles. The third kappa shape index (κ3) is 2.05. The van der Waals surface area contributed by atoms with Crippen LogP contribution < -0.4 is 5.32 Å². The van der Waals surface area contributed by atoms with E-state index in [0.29, 0.717) is 12.0 Å². The predicted molar refractivity (Wildman–Crippen MR) is 74.9 cm³/mol. The van der Waals surface area contributed by atoms with Crippen LogP contribution in [0.15, 0.2) is 28.7 Å². The average Bonchev–Trinajstić information content (AvgIpc) is 3.01. The van der Waals surface area contributed by atoms with Gasteiger partial charge in [-0.1, -0.05) is 32.0 Å². The van der Waals surface area contributed by atoms with E-state index in [1.54, 1.807) is 0 Å². The van der Waals surface area contributed by atoms with Gasteiger partial charge in [0.2, 0.25) is 0 Å². The molecule has 1 heterocycles. The number of nitrogens with one attached hydrogen (secondary N) is 1. The molecule has 2 aromatic rings. The standard InChI is InChI=1S/C16H21NO/c1-10(2)17-9-12-8-14(12)16-11(3)18-15-7-5-4-6-13(15)16/h4-7,10,12,14,17H,8-9H2,1-3H3. The van der Waals surface area contributed by atoms with Crippen LogP contribution in [0.1, 0.15) is 37.5 Å². The molecule has 0 bridgehead atoms. The molecular weight excluding hydrogens is 222 g/mol. The van der Waals surface area contributed by atoms with Crippen LogP contribution in [-0.2, 0) is 0 Å². The second-order valence-electron chi connectivity index (χ2n) is 5.73. The lowest BCUT2D eigenvalue weighted by Crippen LogP contribution is -2.25. The summed E-state index contributed by atoms with van der Waals surface area (Å²) in [7, 11) is 0. The smallest absolute Gasteiger partial charge is 0.134 e. The Labute approximate surface area is 108 Å². The topological polar surface area (TPSA) is 25.2 Å². The number of furan rings is 1. The molecule has 3 rings (SSSR count). The Kier molecular flexibility index (Phi) is 2.90. The minimum Gasteiger partial charge on any atom is -0.461 e. The van der Waals surface area contributed by atoms with E-state index in [9.17, 15) is 0 Å². The highest BCUT2D eigenvalue weighted by molar-refractivity contribution is 5.83. The van der Waals surface area contributed by atoms with Crippen LogP contribution in [0.5, 0.6) is 0 Å². The van der Waals surface area contributed by atoms with E-state index in [-0.39, 0.29) is 0 Å². The fourth-order valence-electron chi connectivity index (χ4n) is 2.86. The van der Waals surface area contributed by atoms with E-state index in [1.807, 2.05) is 6.07 Å². The predicted octanol–water partition coefficient (Wildman–Crippen LogP) is 3.84. The van der Waals surface area contributed by atoms with E-state index in [0.717, 1.165) is 23.8 Å². The largest absolute Gasteiger partial charge is 0.461 e. The molecule has 1 aliphatic rings. The third-order valence-electron chi connectivity index (χ3n) is 3.90. The van der Waals surface area contributed by atoms with Gasteiger partial charge in [0.05, 0.1) is 0 Å². The van der Waals surface area contributed by atoms with Crippen molar-refractivity contribution in [3.8, 4) is 0 Å². The highest BCUT2D eigenvalue weighted by Gasteiger charge is 2.40. The molecule has 1 aliphatic carbocycles. The number of para-hydroxylation sites is 1. The average molecular weight is 243 g/mol. The van der Waals surface area contributed by atoms with Crippen molar-refractivity contribution in [1.29, 1.82) is 0 Å². The molecule has 2 heteroatoms. The number of rotatable bonds is 4. The van der Waals surface area contributed by atoms with E-state index in [2.05, 4.69) is 44.3 Å². The van der Waals surface area contributed by atoms with Crippen molar-refractivity contribution in [3.63, 3.8) is 0 Å². The molecule has 96 valence electrons. The number of aryl methyl sites for hydroxylation is 1. The molecule has 0 amide bonds. The maximum Gasteiger partial charge on any atom is 0.134 e. The lowest BCUT2D eigenvalue weighted by atomic mass is 10.1. The molecule has 1 aromatic carbocycles. The van der Waals surface area contributed by atoms with Crippen molar-refractivity contribution in [2.75, 3.05) is 6.54 Å². The second kappa shape index (κ2) is 4.43. The lowest BCUT2D eigenvalue weighted by Gasteiger charge is -2.07. The van der Waals surface area contributed by atoms with Crippen molar-refractivity contribution >= 4 is 11.0 Å². The van der Waals surface area contributed by atoms with Gasteiger partial charge in [0.1, 0.15) is 11.3 Å². The van der Waals surface area contributed by atoms with Crippen molar-refractivity contribution in [2.24, 2.45) is 5.92 Å². The third-order valence-corrected chi connectivity index (χ3v) is 3.90. The monoisotopic (exact) mass is 243 g/mol. The number of benzene rings is 1. The molecule has 2 unspecified atom stereocenters. The van der Waals surface area contributed by atoms with Gasteiger partial charge in [0.15, 0.2) is 0 Å². The molecule has 1 aromatic heterocycles. The minimum absolute atomic E-state index is 0.577. The molecule has 2 atom stereocenters. The summed E-state index contributed by atoms with van der Waals surface area (Å²) in [4.78, 5) is 0. The van der Waals surface area contributed by atoms with Crippen molar-refractivity contribution in [3.05, 3.63) is 35.6 Å². The first-order chi connectivity index (χ1) is 8.66. The van der Waals surface area contributed by atoms with Gasteiger partial charge in [0, 0.05) is 17.0 Å². The zero-order valence-corrected chi connectivity index (χ0v) is 11.4. The van der Waals surface area contributed by atoms with E-state index >= 15 is 0 Å². The minimum atomic E-state index is 0.577. The first-order valence-electron chi connectivity index (χ1n) is 6.88. The van der Waals surface area contributed by atoms with E-state index < -0.39 is 0 Å². The number of fused-ring (bicyclic) bond motifs is 1. The zero-order chi connectivity index (χ0) is 12.7. The molecule has 0 spiro atoms. The van der Waals surface area contributed by atoms with Crippen molar-refractivity contribution < 1.29 is 4.42 Å². The molecule has 1 N–H and O–H groups in total. The fraction of sp³-hybridized carbons (Fsp3) is 0.500. The summed E-state index contributed by atoms with van der Waals surface area (Å²) in [6.07, 6.45) is 1.30. The maximum absolute atomic E-state index is 5.85. The number of hydrogen-bond donors (Lipinski definition) is 1. The first kappa shape index (κ1) is 11.8. The Hall–Kier alpha value is -1.28. The van der Waals surface area contributed by atoms with Crippen LogP contribution in [0, 0.1) is 12.8 Å². The van der Waals surface area contributed by atoms with Gasteiger partial charge >= 0.3 is 0 Å². The summed E-state index contributed by atoms with van der Waals surface area (Å²) in [5.41, 5.74) is 2.48. The van der Waals surface area contributed by atoms with Crippen LogP contribution in [0.3, 0.4) is 0 Å². The summed E-state index contributed by atoms with van der Waals surface area (Å²) in [5.74, 6) is 2.58. The van der Waals surface area contributed by atoms with Gasteiger partial charge in [-0.25, -0.2) is 0 Å². The highest BCUT2D eigenvalue weighted by atomic mass is 16.3. The van der Waals surface area contributed by atoms with Gasteiger partial charge in [-0.05, 0) is 37.8 Å². The lowest BCUT2D eigenvalue weighted by molar-refractivity contribution is 0.548. The Bertz CT molecular complexity index is 555. The van der Waals surface area contributed by atoms with Crippen LogP contribution in [0.4, 0.5) is 0 Å². The van der Waals surface area contributed by atoms with Gasteiger partial charge in [-0.2, -0.15) is 0 Å². The first-order valence-corrected chi connectivity index (χ1v) is 6.88. The summed E-state index contributed by atoms with van der Waals surface area (Å²) in [6.45, 7) is 7.63. The van der Waals surface area contributed by atoms with Crippen LogP contribution in [0.25, 0.3) is 11.0 Å². The normalized spacial score (nSPS) is 22.9. The summed E-state index contributed by atoms with van der Waals surface area (Å²) in [5, 5.41) is 4.85. The van der Waals surface area contributed by atoms with Crippen molar-refractivity contribution in [1.82, 2.24) is 5.32 Å². The van der Waals surface area contributed by atoms with Gasteiger partial charge in [0.25, 0.3) is 0 Å². The van der Waals surface area contributed by atoms with Gasteiger partial charge in [-0.15, -0.1) is 0 Å². The second-order valence-corrected chi connectivity index (χ2v) is 5.73. The molecule has 1 fully saturated rings. The summed E-state index contributed by atoms with van der Waals surface area (Å²) >= 11 is 0. The maximum atomic E-state index is 5.85. The Balaban J connectivity index is 1.82. The Morgan fingerprint density at radius 2 is 2.11 bits per heavy atom. The van der Waals surface area contributed by atoms with Crippen LogP contribution >= 0.6 is 0 Å². The molecule has 18 heavy (non-hydrogen) atoms. The van der Waals surface area contributed by atoms with E-state index in [4.69, 9.17) is 4.42 Å². The molecule has 0 radical (unpaired) electrons. The molecular formula is C16H21NO.